The van der Waals surface area contributed by atoms with Crippen LogP contribution >= 0.6 is 136 Å². The minimum atomic E-state index is -0.905. The predicted molar refractivity (Wildman–Crippen MR) is 225 cm³/mol. The van der Waals surface area contributed by atoms with Gasteiger partial charge in [0.2, 0.25) is 0 Å². The van der Waals surface area contributed by atoms with Gasteiger partial charge < -0.3 is 15.1 Å². The summed E-state index contributed by atoms with van der Waals surface area (Å²) >= 11 is 14.3. The molecule has 7 nitrogen and oxygen atoms in total. The summed E-state index contributed by atoms with van der Waals surface area (Å²) in [5.41, 5.74) is 7.76. The number of amides is 1. The number of fused-ring (bicyclic) bond motifs is 3. The van der Waals surface area contributed by atoms with Crippen LogP contribution in [0, 0.1) is 21.4 Å². The molecule has 0 aliphatic carbocycles. The third kappa shape index (κ3) is 6.09. The average Bonchev–Trinajstić information content (AvgIpc) is 3.39. The van der Waals surface area contributed by atoms with Crippen LogP contribution in [-0.2, 0) is 10.8 Å². The number of likely N-dealkylation sites (tertiary alicyclic amines) is 1. The maximum absolute atomic E-state index is 11.1. The van der Waals surface area contributed by atoms with E-state index in [0.717, 1.165) is 41.2 Å². The summed E-state index contributed by atoms with van der Waals surface area (Å²) < 4.78 is 7.44. The molecular formula is C31H25I6N3O4. The summed E-state index contributed by atoms with van der Waals surface area (Å²) in [6.07, 6.45) is 0.840. The lowest BCUT2D eigenvalue weighted by atomic mass is 9.71. The number of carbonyl (C=O) groups is 2. The van der Waals surface area contributed by atoms with E-state index in [1.807, 2.05) is 19.1 Å². The highest BCUT2D eigenvalue weighted by Crippen LogP contribution is 2.51. The second-order valence-electron chi connectivity index (χ2n) is 11.0. The van der Waals surface area contributed by atoms with Gasteiger partial charge in [-0.15, -0.1) is 0 Å². The van der Waals surface area contributed by atoms with Crippen molar-refractivity contribution in [3.63, 3.8) is 0 Å². The van der Waals surface area contributed by atoms with Gasteiger partial charge in [-0.3, -0.25) is 9.98 Å². The quantitative estimate of drug-likeness (QED) is 0.197. The van der Waals surface area contributed by atoms with Crippen LogP contribution in [0.2, 0.25) is 0 Å². The maximum Gasteiger partial charge on any atom is 0.407 e. The average molecular weight is 1260 g/mol. The molecule has 1 unspecified atom stereocenters. The zero-order chi connectivity index (χ0) is 32.3. The van der Waals surface area contributed by atoms with Gasteiger partial charge in [-0.25, -0.2) is 9.59 Å². The van der Waals surface area contributed by atoms with Gasteiger partial charge in [0.1, 0.15) is 0 Å². The lowest BCUT2D eigenvalue weighted by molar-refractivity contribution is 0.0696. The van der Waals surface area contributed by atoms with Gasteiger partial charge in [-0.05, 0) is 199 Å². The van der Waals surface area contributed by atoms with E-state index < -0.39 is 12.1 Å². The molecule has 44 heavy (non-hydrogen) atoms. The number of carboxylic acids is 1. The number of nitrogens with zero attached hydrogens (tertiary/aromatic N) is 3. The van der Waals surface area contributed by atoms with Crippen LogP contribution in [0.15, 0.2) is 46.4 Å². The van der Waals surface area contributed by atoms with Crippen LogP contribution in [0.4, 0.5) is 16.2 Å². The van der Waals surface area contributed by atoms with E-state index in [-0.39, 0.29) is 10.8 Å². The van der Waals surface area contributed by atoms with Gasteiger partial charge in [0.15, 0.2) is 0 Å². The Morgan fingerprint density at radius 1 is 0.750 bits per heavy atom. The zero-order valence-corrected chi connectivity index (χ0v) is 36.6. The first-order valence-electron chi connectivity index (χ1n) is 13.4. The molecule has 1 atom stereocenters. The Hall–Kier alpha value is 0.120. The van der Waals surface area contributed by atoms with Crippen molar-refractivity contribution in [3.8, 4) is 0 Å². The van der Waals surface area contributed by atoms with E-state index in [4.69, 9.17) is 20.2 Å². The number of piperidine rings is 1. The van der Waals surface area contributed by atoms with E-state index in [1.165, 1.54) is 37.4 Å². The third-order valence-corrected chi connectivity index (χ3v) is 19.1. The van der Waals surface area contributed by atoms with Crippen LogP contribution < -0.4 is 0 Å². The van der Waals surface area contributed by atoms with Crippen molar-refractivity contribution < 1.29 is 19.8 Å². The van der Waals surface area contributed by atoms with Gasteiger partial charge in [0.25, 0.3) is 0 Å². The van der Waals surface area contributed by atoms with Gasteiger partial charge in [0, 0.05) is 62.5 Å². The highest BCUT2D eigenvalue weighted by Gasteiger charge is 2.46. The van der Waals surface area contributed by atoms with Crippen molar-refractivity contribution in [1.82, 2.24) is 4.90 Å². The second kappa shape index (κ2) is 13.6. The maximum atomic E-state index is 11.1. The topological polar surface area (TPSA) is 103 Å². The van der Waals surface area contributed by atoms with Crippen LogP contribution in [0.3, 0.4) is 0 Å². The first-order valence-corrected chi connectivity index (χ1v) is 19.9. The molecule has 3 aliphatic heterocycles. The number of halogens is 6. The Kier molecular flexibility index (Phi) is 10.9. The molecular weight excluding hydrogens is 1240 g/mol. The van der Waals surface area contributed by atoms with Crippen molar-refractivity contribution in [2.24, 2.45) is 9.98 Å². The first kappa shape index (κ1) is 35.4. The zero-order valence-electron chi connectivity index (χ0n) is 23.6. The minimum Gasteiger partial charge on any atom is -0.478 e. The van der Waals surface area contributed by atoms with Gasteiger partial charge >= 0.3 is 12.1 Å². The molecule has 1 amide bonds. The number of aliphatic imine (C=N–C) groups is 2. The Bertz CT molecular complexity index is 1780. The van der Waals surface area contributed by atoms with E-state index in [1.54, 1.807) is 12.1 Å². The van der Waals surface area contributed by atoms with Gasteiger partial charge in [0.05, 0.1) is 22.4 Å². The molecule has 3 aromatic carbocycles. The molecule has 230 valence electrons. The molecule has 13 heteroatoms. The number of rotatable bonds is 2. The molecule has 1 fully saturated rings. The van der Waals surface area contributed by atoms with E-state index in [9.17, 15) is 9.59 Å². The van der Waals surface area contributed by atoms with Crippen LogP contribution in [-0.4, -0.2) is 51.7 Å². The van der Waals surface area contributed by atoms with Crippen molar-refractivity contribution in [1.29, 1.82) is 0 Å². The Balaban J connectivity index is 0.000000175. The number of carboxylic acid groups (broad SMARTS) is 2. The molecule has 6 rings (SSSR count). The number of hydrogen-bond donors (Lipinski definition) is 2. The second-order valence-corrected chi connectivity index (χ2v) is 17.7. The SMILES string of the molecule is CC1=Nc2cc(I)c(I)c(I)c2C1(C)c1ccc(C(=O)O)cc1.CC1=Nc2cc(I)c(I)c(I)c2C12CCN(C(=O)O)CC2. The van der Waals surface area contributed by atoms with Crippen LogP contribution in [0.5, 0.6) is 0 Å². The monoisotopic (exact) mass is 1260 g/mol. The smallest absolute Gasteiger partial charge is 0.407 e. The predicted octanol–water partition coefficient (Wildman–Crippen LogP) is 10.2. The molecule has 0 radical (unpaired) electrons. The summed E-state index contributed by atoms with van der Waals surface area (Å²) in [6, 6.07) is 11.4. The highest BCUT2D eigenvalue weighted by molar-refractivity contribution is 14.1. The molecule has 1 spiro atoms. The molecule has 0 saturated carbocycles. The lowest BCUT2D eigenvalue weighted by Crippen LogP contribution is -2.47. The Morgan fingerprint density at radius 2 is 1.23 bits per heavy atom. The van der Waals surface area contributed by atoms with Crippen LogP contribution in [0.1, 0.15) is 60.7 Å². The molecule has 1 saturated heterocycles. The highest BCUT2D eigenvalue weighted by atomic mass is 127. The molecule has 2 N–H and O–H groups in total. The summed E-state index contributed by atoms with van der Waals surface area (Å²) in [4.78, 5) is 33.3. The fourth-order valence-corrected chi connectivity index (χ4v) is 11.4. The number of aromatic carboxylic acids is 1. The molecule has 3 heterocycles. The largest absolute Gasteiger partial charge is 0.478 e. The fourth-order valence-electron chi connectivity index (χ4n) is 6.21. The van der Waals surface area contributed by atoms with Crippen molar-refractivity contribution in [3.05, 3.63) is 80.1 Å². The third-order valence-electron chi connectivity index (χ3n) is 8.85. The summed E-state index contributed by atoms with van der Waals surface area (Å²) in [5.74, 6) is -0.905. The standard InChI is InChI=1S/C17H12I3NO2.C14H13I3N2O2/c1-8-17(2,10-5-3-9(4-6-10)16(22)23)13-12(21-8)7-11(18)14(19)15(13)20;1-7-14(2-4-19(5-3-14)13(20)21)10-9(18-7)6-8(15)11(16)12(10)17/h3-7H,1-2H3,(H,22,23);6H,2-5H2,1H3,(H,20,21). The van der Waals surface area contributed by atoms with Gasteiger partial charge in [-0.2, -0.15) is 0 Å². The molecule has 3 aliphatic rings. The van der Waals surface area contributed by atoms with E-state index in [0.29, 0.717) is 18.7 Å². The van der Waals surface area contributed by atoms with Crippen molar-refractivity contribution in [2.45, 2.75) is 44.4 Å². The summed E-state index contributed by atoms with van der Waals surface area (Å²) in [6.45, 7) is 7.46. The number of hydrogen-bond acceptors (Lipinski definition) is 4. The molecule has 0 bridgehead atoms. The number of benzene rings is 3. The van der Waals surface area contributed by atoms with Crippen molar-refractivity contribution in [2.75, 3.05) is 13.1 Å². The van der Waals surface area contributed by atoms with Gasteiger partial charge in [-0.1, -0.05) is 12.1 Å². The first-order chi connectivity index (χ1) is 20.6. The summed E-state index contributed by atoms with van der Waals surface area (Å²) in [5, 5.41) is 18.3. The summed E-state index contributed by atoms with van der Waals surface area (Å²) in [7, 11) is 0. The Morgan fingerprint density at radius 3 is 1.73 bits per heavy atom. The van der Waals surface area contributed by atoms with Crippen LogP contribution in [0.25, 0.3) is 0 Å². The normalized spacial score (nSPS) is 19.5. The van der Waals surface area contributed by atoms with E-state index >= 15 is 0 Å². The molecule has 0 aromatic heterocycles. The minimum absolute atomic E-state index is 0.0674. The van der Waals surface area contributed by atoms with Crippen molar-refractivity contribution >= 4 is 170 Å². The Labute approximate surface area is 337 Å². The van der Waals surface area contributed by atoms with E-state index in [2.05, 4.69) is 162 Å². The lowest BCUT2D eigenvalue weighted by Gasteiger charge is -2.39. The fraction of sp³-hybridized carbons (Fsp3) is 0.290. The molecule has 3 aromatic rings.